The molecule has 0 saturated heterocycles. The van der Waals surface area contributed by atoms with Crippen LogP contribution in [0, 0.1) is 11.6 Å². The Balaban J connectivity index is 1.49. The molecule has 0 aromatic heterocycles. The molecule has 39 heavy (non-hydrogen) atoms. The Morgan fingerprint density at radius 3 is 2.28 bits per heavy atom. The van der Waals surface area contributed by atoms with Gasteiger partial charge in [-0.05, 0) is 53.1 Å². The molecule has 0 radical (unpaired) electrons. The van der Waals surface area contributed by atoms with E-state index in [1.54, 1.807) is 17.0 Å². The van der Waals surface area contributed by atoms with Crippen molar-refractivity contribution in [3.63, 3.8) is 0 Å². The molecule has 0 aliphatic rings. The number of benzene rings is 4. The molecule has 3 N–H and O–H groups in total. The van der Waals surface area contributed by atoms with Crippen molar-refractivity contribution in [3.05, 3.63) is 125 Å². The second kappa shape index (κ2) is 13.3. The first-order chi connectivity index (χ1) is 18.9. The number of hydrogen-bond acceptors (Lipinski definition) is 4. The Morgan fingerprint density at radius 1 is 0.769 bits per heavy atom. The van der Waals surface area contributed by atoms with E-state index in [1.165, 1.54) is 6.07 Å². The molecule has 6 nitrogen and oxygen atoms in total. The molecule has 0 fully saturated rings. The normalized spacial score (nSPS) is 10.6. The van der Waals surface area contributed by atoms with Crippen LogP contribution in [0.1, 0.15) is 29.5 Å². The van der Waals surface area contributed by atoms with Crippen molar-refractivity contribution in [3.8, 4) is 11.5 Å². The zero-order chi connectivity index (χ0) is 27.6. The van der Waals surface area contributed by atoms with E-state index in [4.69, 9.17) is 10.5 Å². The Labute approximate surface area is 226 Å². The average Bonchev–Trinajstić information content (AvgIpc) is 2.96. The topological polar surface area (TPSA) is 84.7 Å². The summed E-state index contributed by atoms with van der Waals surface area (Å²) < 4.78 is 32.8. The maximum Gasteiger partial charge on any atom is 0.227 e. The Bertz CT molecular complexity index is 1430. The van der Waals surface area contributed by atoms with E-state index in [9.17, 15) is 18.4 Å². The highest BCUT2D eigenvalue weighted by atomic mass is 19.2. The fourth-order valence-corrected chi connectivity index (χ4v) is 4.00. The molecule has 8 heteroatoms. The molecule has 0 heterocycles. The van der Waals surface area contributed by atoms with Gasteiger partial charge >= 0.3 is 0 Å². The maximum absolute atomic E-state index is 13.5. The third kappa shape index (κ3) is 7.72. The zero-order valence-electron chi connectivity index (χ0n) is 21.3. The molecule has 4 rings (SSSR count). The molecule has 0 aliphatic carbocycles. The van der Waals surface area contributed by atoms with Gasteiger partial charge in [0, 0.05) is 25.9 Å². The predicted molar refractivity (Wildman–Crippen MR) is 146 cm³/mol. The van der Waals surface area contributed by atoms with Crippen LogP contribution in [-0.4, -0.2) is 11.8 Å². The summed E-state index contributed by atoms with van der Waals surface area (Å²) in [7, 11) is 0. The molecule has 0 atom stereocenters. The molecule has 0 unspecified atom stereocenters. The maximum atomic E-state index is 13.5. The van der Waals surface area contributed by atoms with Gasteiger partial charge in [-0.15, -0.1) is 0 Å². The summed E-state index contributed by atoms with van der Waals surface area (Å²) in [5.74, 6) is -1.51. The van der Waals surface area contributed by atoms with E-state index in [-0.39, 0.29) is 37.7 Å². The van der Waals surface area contributed by atoms with Crippen LogP contribution in [0.3, 0.4) is 0 Å². The van der Waals surface area contributed by atoms with Gasteiger partial charge in [-0.25, -0.2) is 8.78 Å². The van der Waals surface area contributed by atoms with Crippen molar-refractivity contribution < 1.29 is 23.1 Å². The zero-order valence-corrected chi connectivity index (χ0v) is 21.3. The second-order valence-corrected chi connectivity index (χ2v) is 8.91. The number of rotatable bonds is 11. The summed E-state index contributed by atoms with van der Waals surface area (Å²) in [4.78, 5) is 27.6. The third-order valence-electron chi connectivity index (χ3n) is 6.04. The molecule has 4 aromatic rings. The van der Waals surface area contributed by atoms with Crippen molar-refractivity contribution in [2.45, 2.75) is 32.5 Å². The van der Waals surface area contributed by atoms with E-state index in [1.807, 2.05) is 66.7 Å². The van der Waals surface area contributed by atoms with Gasteiger partial charge in [-0.2, -0.15) is 0 Å². The number of ether oxygens (including phenoxy) is 1. The molecule has 0 aliphatic heterocycles. The van der Waals surface area contributed by atoms with E-state index < -0.39 is 11.6 Å². The van der Waals surface area contributed by atoms with Crippen LogP contribution in [0.25, 0.3) is 0 Å². The van der Waals surface area contributed by atoms with Crippen LogP contribution in [0.2, 0.25) is 0 Å². The number of nitrogens with zero attached hydrogens (tertiary/aromatic N) is 1. The van der Waals surface area contributed by atoms with Gasteiger partial charge in [0.25, 0.3) is 0 Å². The van der Waals surface area contributed by atoms with Crippen molar-refractivity contribution in [1.29, 1.82) is 0 Å². The van der Waals surface area contributed by atoms with Crippen molar-refractivity contribution in [1.82, 2.24) is 5.32 Å². The van der Waals surface area contributed by atoms with Gasteiger partial charge in [-0.1, -0.05) is 60.7 Å². The van der Waals surface area contributed by atoms with Gasteiger partial charge in [-0.3, -0.25) is 9.59 Å². The summed E-state index contributed by atoms with van der Waals surface area (Å²) >= 11 is 0. The van der Waals surface area contributed by atoms with Gasteiger partial charge in [0.2, 0.25) is 11.8 Å². The van der Waals surface area contributed by atoms with Crippen LogP contribution in [0.15, 0.2) is 97.1 Å². The molecule has 0 spiro atoms. The minimum absolute atomic E-state index is 0.0243. The van der Waals surface area contributed by atoms with Crippen molar-refractivity contribution >= 4 is 17.5 Å². The lowest BCUT2D eigenvalue weighted by Crippen LogP contribution is -2.32. The number of carbonyl (C=O) groups is 2. The number of para-hydroxylation sites is 2. The number of amides is 2. The lowest BCUT2D eigenvalue weighted by Gasteiger charge is -2.25. The van der Waals surface area contributed by atoms with E-state index >= 15 is 0 Å². The highest BCUT2D eigenvalue weighted by Crippen LogP contribution is 2.34. The van der Waals surface area contributed by atoms with Gasteiger partial charge in [0.15, 0.2) is 17.4 Å². The number of hydrogen-bond donors (Lipinski definition) is 2. The molecular weight excluding hydrogens is 500 g/mol. The monoisotopic (exact) mass is 529 g/mol. The minimum Gasteiger partial charge on any atom is -0.455 e. The average molecular weight is 530 g/mol. The lowest BCUT2D eigenvalue weighted by atomic mass is 10.1. The predicted octanol–water partition coefficient (Wildman–Crippen LogP) is 5.85. The fraction of sp³-hybridized carbons (Fsp3) is 0.161. The molecule has 0 bridgehead atoms. The lowest BCUT2D eigenvalue weighted by molar-refractivity contribution is -0.125. The summed E-state index contributed by atoms with van der Waals surface area (Å²) in [6.45, 7) is 0.672. The largest absolute Gasteiger partial charge is 0.455 e. The number of carbonyl (C=O) groups excluding carboxylic acids is 2. The van der Waals surface area contributed by atoms with Gasteiger partial charge in [0.05, 0.1) is 12.2 Å². The standard InChI is InChI=1S/C31H29F2N3O3/c32-26-14-13-24(18-27(26)33)20-35-30(37)15-16-31(38)36(21-22-7-2-1-3-8-22)28-11-4-5-12-29(28)39-25-10-6-9-23(17-25)19-34/h1-14,17-18H,15-16,19-21,34H2,(H,35,37). The van der Waals surface area contributed by atoms with E-state index in [2.05, 4.69) is 5.32 Å². The van der Waals surface area contributed by atoms with Crippen LogP contribution in [0.5, 0.6) is 11.5 Å². The first kappa shape index (κ1) is 27.5. The van der Waals surface area contributed by atoms with Crippen molar-refractivity contribution in [2.75, 3.05) is 4.90 Å². The summed E-state index contributed by atoms with van der Waals surface area (Å²) in [6, 6.07) is 27.6. The summed E-state index contributed by atoms with van der Waals surface area (Å²) in [6.07, 6.45) is -0.136. The first-order valence-electron chi connectivity index (χ1n) is 12.5. The van der Waals surface area contributed by atoms with Gasteiger partial charge in [0.1, 0.15) is 5.75 Å². The van der Waals surface area contributed by atoms with Crippen LogP contribution < -0.4 is 20.7 Å². The number of halogens is 2. The first-order valence-corrected chi connectivity index (χ1v) is 12.5. The van der Waals surface area contributed by atoms with Gasteiger partial charge < -0.3 is 20.7 Å². The molecule has 2 amide bonds. The second-order valence-electron chi connectivity index (χ2n) is 8.91. The van der Waals surface area contributed by atoms with E-state index in [0.29, 0.717) is 29.3 Å². The smallest absolute Gasteiger partial charge is 0.227 e. The summed E-state index contributed by atoms with van der Waals surface area (Å²) in [5.41, 5.74) is 8.57. The molecule has 200 valence electrons. The SMILES string of the molecule is NCc1cccc(Oc2ccccc2N(Cc2ccccc2)C(=O)CCC(=O)NCc2ccc(F)c(F)c2)c1. The van der Waals surface area contributed by atoms with Crippen LogP contribution in [0.4, 0.5) is 14.5 Å². The Kier molecular flexibility index (Phi) is 9.37. The van der Waals surface area contributed by atoms with Crippen molar-refractivity contribution in [2.24, 2.45) is 5.73 Å². The van der Waals surface area contributed by atoms with E-state index in [0.717, 1.165) is 23.3 Å². The molecule has 4 aromatic carbocycles. The quantitative estimate of drug-likeness (QED) is 0.255. The minimum atomic E-state index is -0.982. The third-order valence-corrected chi connectivity index (χ3v) is 6.04. The Hall–Kier alpha value is -4.56. The number of nitrogens with two attached hydrogens (primary N) is 1. The Morgan fingerprint density at radius 2 is 1.51 bits per heavy atom. The highest BCUT2D eigenvalue weighted by Gasteiger charge is 2.21. The molecule has 0 saturated carbocycles. The number of anilines is 1. The molecular formula is C31H29F2N3O3. The summed E-state index contributed by atoms with van der Waals surface area (Å²) in [5, 5.41) is 2.65. The van der Waals surface area contributed by atoms with Crippen LogP contribution in [-0.2, 0) is 29.2 Å². The highest BCUT2D eigenvalue weighted by molar-refractivity contribution is 5.96. The fourth-order valence-electron chi connectivity index (χ4n) is 4.00. The van der Waals surface area contributed by atoms with Crippen LogP contribution >= 0.6 is 0 Å². The number of nitrogens with one attached hydrogen (secondary N) is 1.